The van der Waals surface area contributed by atoms with Crippen LogP contribution in [-0.4, -0.2) is 21.0 Å². The first kappa shape index (κ1) is 21.1. The van der Waals surface area contributed by atoms with Gasteiger partial charge < -0.3 is 9.16 Å². The molecule has 0 spiro atoms. The summed E-state index contributed by atoms with van der Waals surface area (Å²) in [7, 11) is -1.73. The molecule has 0 aliphatic carbocycles. The quantitative estimate of drug-likeness (QED) is 0.399. The maximum atomic E-state index is 6.41. The third-order valence-electron chi connectivity index (χ3n) is 5.25. The average molecular weight is 349 g/mol. The molecular formula is C21H36O2Si. The van der Waals surface area contributed by atoms with Crippen LogP contribution in [0.2, 0.25) is 18.1 Å². The van der Waals surface area contributed by atoms with Gasteiger partial charge in [0, 0.05) is 18.4 Å². The minimum Gasteiger partial charge on any atom is -0.416 e. The van der Waals surface area contributed by atoms with Gasteiger partial charge in [0.25, 0.3) is 0 Å². The number of ether oxygens (including phenoxy) is 1. The molecule has 0 bridgehead atoms. The normalized spacial score (nSPS) is 16.5. The van der Waals surface area contributed by atoms with Crippen LogP contribution < -0.4 is 0 Å². The molecule has 0 unspecified atom stereocenters. The summed E-state index contributed by atoms with van der Waals surface area (Å²) in [5.41, 5.74) is 1.20. The Morgan fingerprint density at radius 1 is 1.12 bits per heavy atom. The topological polar surface area (TPSA) is 18.5 Å². The van der Waals surface area contributed by atoms with Crippen LogP contribution in [0.1, 0.15) is 40.2 Å². The molecule has 0 saturated carbocycles. The van der Waals surface area contributed by atoms with E-state index in [2.05, 4.69) is 78.6 Å². The zero-order valence-electron chi connectivity index (χ0n) is 16.6. The van der Waals surface area contributed by atoms with E-state index in [0.29, 0.717) is 18.4 Å². The lowest BCUT2D eigenvalue weighted by Crippen LogP contribution is -2.43. The maximum Gasteiger partial charge on any atom is 0.191 e. The third-order valence-corrected chi connectivity index (χ3v) is 9.75. The van der Waals surface area contributed by atoms with Crippen LogP contribution in [0, 0.1) is 11.8 Å². The van der Waals surface area contributed by atoms with Crippen LogP contribution in [0.4, 0.5) is 0 Å². The predicted molar refractivity (Wildman–Crippen MR) is 107 cm³/mol. The zero-order valence-corrected chi connectivity index (χ0v) is 17.6. The second-order valence-corrected chi connectivity index (χ2v) is 13.2. The smallest absolute Gasteiger partial charge is 0.191 e. The lowest BCUT2D eigenvalue weighted by Gasteiger charge is -2.38. The SMILES string of the molecule is C=C[C@@H](C)[C@H](OCc1ccccc1)[C@H](C)CO[Si](C)(C)C(C)(C)C. The van der Waals surface area contributed by atoms with Gasteiger partial charge in [0.15, 0.2) is 8.32 Å². The minimum absolute atomic E-state index is 0.118. The van der Waals surface area contributed by atoms with Crippen molar-refractivity contribution in [2.75, 3.05) is 6.61 Å². The van der Waals surface area contributed by atoms with Crippen molar-refractivity contribution in [3.8, 4) is 0 Å². The highest BCUT2D eigenvalue weighted by Gasteiger charge is 2.38. The summed E-state index contributed by atoms with van der Waals surface area (Å²) in [6.07, 6.45) is 2.10. The lowest BCUT2D eigenvalue weighted by atomic mass is 9.94. The van der Waals surface area contributed by atoms with Crippen LogP contribution in [0.25, 0.3) is 0 Å². The van der Waals surface area contributed by atoms with E-state index in [1.54, 1.807) is 0 Å². The molecule has 0 radical (unpaired) electrons. The first-order valence-electron chi connectivity index (χ1n) is 9.00. The Labute approximate surface area is 150 Å². The molecule has 0 aliphatic rings. The van der Waals surface area contributed by atoms with Crippen LogP contribution in [0.3, 0.4) is 0 Å². The molecular weight excluding hydrogens is 312 g/mol. The molecule has 3 heteroatoms. The van der Waals surface area contributed by atoms with Crippen LogP contribution >= 0.6 is 0 Å². The summed E-state index contributed by atoms with van der Waals surface area (Å²) in [6.45, 7) is 21.2. The van der Waals surface area contributed by atoms with Gasteiger partial charge in [-0.3, -0.25) is 0 Å². The summed E-state index contributed by atoms with van der Waals surface area (Å²) in [5.74, 6) is 0.627. The Morgan fingerprint density at radius 2 is 1.71 bits per heavy atom. The Bertz CT molecular complexity index is 490. The first-order chi connectivity index (χ1) is 11.1. The fourth-order valence-corrected chi connectivity index (χ4v) is 3.50. The largest absolute Gasteiger partial charge is 0.416 e. The molecule has 0 saturated heterocycles. The fraction of sp³-hybridized carbons (Fsp3) is 0.619. The predicted octanol–water partition coefficient (Wildman–Crippen LogP) is 6.05. The Hall–Kier alpha value is -0.903. The molecule has 1 rings (SSSR count). The van der Waals surface area contributed by atoms with E-state index in [9.17, 15) is 0 Å². The van der Waals surface area contributed by atoms with Gasteiger partial charge in [0.1, 0.15) is 0 Å². The van der Waals surface area contributed by atoms with Crippen LogP contribution in [-0.2, 0) is 15.8 Å². The molecule has 24 heavy (non-hydrogen) atoms. The number of hydrogen-bond acceptors (Lipinski definition) is 2. The van der Waals surface area contributed by atoms with Crippen molar-refractivity contribution >= 4 is 8.32 Å². The zero-order chi connectivity index (χ0) is 18.4. The van der Waals surface area contributed by atoms with Crippen molar-refractivity contribution in [3.05, 3.63) is 48.6 Å². The molecule has 0 aromatic heterocycles. The van der Waals surface area contributed by atoms with Gasteiger partial charge in [-0.25, -0.2) is 0 Å². The van der Waals surface area contributed by atoms with Gasteiger partial charge in [-0.05, 0) is 23.7 Å². The summed E-state index contributed by atoms with van der Waals surface area (Å²) >= 11 is 0. The lowest BCUT2D eigenvalue weighted by molar-refractivity contribution is -0.0292. The van der Waals surface area contributed by atoms with E-state index in [1.807, 2.05) is 12.1 Å². The molecule has 1 aromatic carbocycles. The van der Waals surface area contributed by atoms with Gasteiger partial charge >= 0.3 is 0 Å². The van der Waals surface area contributed by atoms with E-state index in [1.165, 1.54) is 5.56 Å². The number of benzene rings is 1. The molecule has 0 aliphatic heterocycles. The standard InChI is InChI=1S/C21H36O2Si/c1-9-17(2)20(22-16-19-13-11-10-12-14-19)18(3)15-23-24(7,8)21(4,5)6/h9-14,17-18,20H,1,15-16H2,2-8H3/t17-,18-,20+/m1/s1. The number of hydrogen-bond donors (Lipinski definition) is 0. The van der Waals surface area contributed by atoms with Crippen LogP contribution in [0.15, 0.2) is 43.0 Å². The highest BCUT2D eigenvalue weighted by atomic mass is 28.4. The highest BCUT2D eigenvalue weighted by Crippen LogP contribution is 2.37. The van der Waals surface area contributed by atoms with Crippen molar-refractivity contribution in [3.63, 3.8) is 0 Å². The summed E-state index contributed by atoms with van der Waals surface area (Å²) in [5, 5.41) is 0.233. The summed E-state index contributed by atoms with van der Waals surface area (Å²) in [6, 6.07) is 10.3. The van der Waals surface area contributed by atoms with Gasteiger partial charge in [-0.15, -0.1) is 6.58 Å². The van der Waals surface area contributed by atoms with Crippen molar-refractivity contribution in [1.82, 2.24) is 0 Å². The maximum absolute atomic E-state index is 6.41. The minimum atomic E-state index is -1.73. The molecule has 3 atom stereocenters. The van der Waals surface area contributed by atoms with Crippen molar-refractivity contribution in [1.29, 1.82) is 0 Å². The molecule has 0 fully saturated rings. The average Bonchev–Trinajstić information content (AvgIpc) is 2.52. The molecule has 2 nitrogen and oxygen atoms in total. The van der Waals surface area contributed by atoms with Gasteiger partial charge in [-0.2, -0.15) is 0 Å². The van der Waals surface area contributed by atoms with Gasteiger partial charge in [-0.1, -0.05) is 71.0 Å². The van der Waals surface area contributed by atoms with Crippen LogP contribution in [0.5, 0.6) is 0 Å². The fourth-order valence-electron chi connectivity index (χ4n) is 2.39. The summed E-state index contributed by atoms with van der Waals surface area (Å²) < 4.78 is 12.7. The monoisotopic (exact) mass is 348 g/mol. The highest BCUT2D eigenvalue weighted by molar-refractivity contribution is 6.74. The second-order valence-electron chi connectivity index (χ2n) is 8.40. The second kappa shape index (κ2) is 8.98. The van der Waals surface area contributed by atoms with E-state index in [0.717, 1.165) is 6.61 Å². The van der Waals surface area contributed by atoms with Gasteiger partial charge in [0.05, 0.1) is 12.7 Å². The van der Waals surface area contributed by atoms with Crippen molar-refractivity contribution in [2.24, 2.45) is 11.8 Å². The molecule has 1 aromatic rings. The molecule has 0 heterocycles. The molecule has 0 amide bonds. The van der Waals surface area contributed by atoms with Crippen molar-refractivity contribution < 1.29 is 9.16 Å². The first-order valence-corrected chi connectivity index (χ1v) is 11.9. The van der Waals surface area contributed by atoms with E-state index in [-0.39, 0.29) is 11.1 Å². The van der Waals surface area contributed by atoms with E-state index in [4.69, 9.17) is 9.16 Å². The van der Waals surface area contributed by atoms with E-state index >= 15 is 0 Å². The molecule has 0 N–H and O–H groups in total. The van der Waals surface area contributed by atoms with Gasteiger partial charge in [0.2, 0.25) is 0 Å². The summed E-state index contributed by atoms with van der Waals surface area (Å²) in [4.78, 5) is 0. The number of rotatable bonds is 9. The third kappa shape index (κ3) is 6.19. The van der Waals surface area contributed by atoms with E-state index < -0.39 is 8.32 Å². The Kier molecular flexibility index (Phi) is 7.91. The van der Waals surface area contributed by atoms with Crippen molar-refractivity contribution in [2.45, 2.75) is 65.5 Å². The Morgan fingerprint density at radius 3 is 2.21 bits per heavy atom. The molecule has 136 valence electrons. The Balaban J connectivity index is 2.68.